The molecule has 0 aromatic heterocycles. The SMILES string of the molecule is CCCOc1ccccc1NC(=O)C[C@@H]1SC(=NCc2ccc(F)cc2)NC1=O. The van der Waals surface area contributed by atoms with Gasteiger partial charge < -0.3 is 15.4 Å². The minimum atomic E-state index is -0.550. The molecule has 1 heterocycles. The number of carbonyl (C=O) groups is 2. The van der Waals surface area contributed by atoms with Gasteiger partial charge in [-0.05, 0) is 36.2 Å². The van der Waals surface area contributed by atoms with E-state index in [4.69, 9.17) is 4.74 Å². The number of rotatable bonds is 8. The molecule has 6 nitrogen and oxygen atoms in total. The van der Waals surface area contributed by atoms with Crippen molar-refractivity contribution in [1.82, 2.24) is 5.32 Å². The van der Waals surface area contributed by atoms with E-state index in [1.165, 1.54) is 23.9 Å². The van der Waals surface area contributed by atoms with Crippen LogP contribution in [-0.2, 0) is 16.1 Å². The molecule has 0 aliphatic carbocycles. The van der Waals surface area contributed by atoms with Gasteiger partial charge in [0.1, 0.15) is 16.8 Å². The number of carbonyl (C=O) groups excluding carboxylic acids is 2. The second-order valence-corrected chi connectivity index (χ2v) is 7.63. The van der Waals surface area contributed by atoms with Gasteiger partial charge in [0.05, 0.1) is 18.8 Å². The second-order valence-electron chi connectivity index (χ2n) is 6.44. The maximum absolute atomic E-state index is 13.0. The highest BCUT2D eigenvalue weighted by Crippen LogP contribution is 2.26. The molecule has 29 heavy (non-hydrogen) atoms. The number of thioether (sulfide) groups is 1. The fraction of sp³-hybridized carbons (Fsp3) is 0.286. The van der Waals surface area contributed by atoms with Crippen molar-refractivity contribution in [3.63, 3.8) is 0 Å². The molecule has 0 bridgehead atoms. The van der Waals surface area contributed by atoms with E-state index in [-0.39, 0.29) is 24.1 Å². The summed E-state index contributed by atoms with van der Waals surface area (Å²) >= 11 is 1.22. The Balaban J connectivity index is 1.55. The van der Waals surface area contributed by atoms with Crippen LogP contribution in [0.4, 0.5) is 10.1 Å². The van der Waals surface area contributed by atoms with Crippen LogP contribution in [0.25, 0.3) is 0 Å². The minimum absolute atomic E-state index is 0.0220. The quantitative estimate of drug-likeness (QED) is 0.689. The molecule has 1 saturated heterocycles. The highest BCUT2D eigenvalue weighted by Gasteiger charge is 2.32. The van der Waals surface area contributed by atoms with Crippen LogP contribution in [0.3, 0.4) is 0 Å². The number of nitrogens with zero attached hydrogens (tertiary/aromatic N) is 1. The lowest BCUT2D eigenvalue weighted by atomic mass is 10.2. The van der Waals surface area contributed by atoms with Crippen LogP contribution >= 0.6 is 11.8 Å². The van der Waals surface area contributed by atoms with Gasteiger partial charge in [0, 0.05) is 6.42 Å². The van der Waals surface area contributed by atoms with Gasteiger partial charge in [-0.1, -0.05) is 43.0 Å². The van der Waals surface area contributed by atoms with Gasteiger partial charge in [0.2, 0.25) is 11.8 Å². The summed E-state index contributed by atoms with van der Waals surface area (Å²) in [6.45, 7) is 2.89. The fourth-order valence-corrected chi connectivity index (χ4v) is 3.61. The number of nitrogens with one attached hydrogen (secondary N) is 2. The van der Waals surface area contributed by atoms with Crippen LogP contribution in [0.2, 0.25) is 0 Å². The predicted octanol–water partition coefficient (Wildman–Crippen LogP) is 3.73. The Labute approximate surface area is 172 Å². The Hall–Kier alpha value is -2.87. The summed E-state index contributed by atoms with van der Waals surface area (Å²) in [6, 6.07) is 13.2. The Morgan fingerprint density at radius 1 is 1.24 bits per heavy atom. The second kappa shape index (κ2) is 10.1. The maximum atomic E-state index is 13.0. The average Bonchev–Trinajstić information content (AvgIpc) is 3.06. The molecule has 2 amide bonds. The van der Waals surface area contributed by atoms with Gasteiger partial charge >= 0.3 is 0 Å². The number of ether oxygens (including phenoxy) is 1. The number of hydrogen-bond donors (Lipinski definition) is 2. The maximum Gasteiger partial charge on any atom is 0.240 e. The van der Waals surface area contributed by atoms with Gasteiger partial charge in [-0.2, -0.15) is 0 Å². The van der Waals surface area contributed by atoms with Gasteiger partial charge in [-0.3, -0.25) is 14.6 Å². The zero-order chi connectivity index (χ0) is 20.6. The molecule has 152 valence electrons. The van der Waals surface area contributed by atoms with Crippen LogP contribution in [0.5, 0.6) is 5.75 Å². The summed E-state index contributed by atoms with van der Waals surface area (Å²) < 4.78 is 18.6. The molecule has 0 radical (unpaired) electrons. The number of amidine groups is 1. The first kappa shape index (κ1) is 20.9. The van der Waals surface area contributed by atoms with Crippen molar-refractivity contribution in [2.75, 3.05) is 11.9 Å². The smallest absolute Gasteiger partial charge is 0.240 e. The summed E-state index contributed by atoms with van der Waals surface area (Å²) in [6.07, 6.45) is 0.884. The molecule has 2 aromatic rings. The van der Waals surface area contributed by atoms with Gasteiger partial charge in [-0.15, -0.1) is 0 Å². The third-order valence-corrected chi connectivity index (χ3v) is 5.21. The lowest BCUT2D eigenvalue weighted by Crippen LogP contribution is -2.28. The molecule has 0 saturated carbocycles. The lowest BCUT2D eigenvalue weighted by Gasteiger charge is -2.12. The zero-order valence-electron chi connectivity index (χ0n) is 16.0. The number of amides is 2. The van der Waals surface area contributed by atoms with Crippen molar-refractivity contribution in [3.05, 3.63) is 59.9 Å². The van der Waals surface area contributed by atoms with E-state index in [0.717, 1.165) is 12.0 Å². The molecule has 1 aliphatic rings. The predicted molar refractivity (Wildman–Crippen MR) is 113 cm³/mol. The van der Waals surface area contributed by atoms with Crippen molar-refractivity contribution in [1.29, 1.82) is 0 Å². The van der Waals surface area contributed by atoms with Crippen LogP contribution in [-0.4, -0.2) is 28.8 Å². The molecule has 8 heteroatoms. The molecule has 2 N–H and O–H groups in total. The summed E-state index contributed by atoms with van der Waals surface area (Å²) in [7, 11) is 0. The third kappa shape index (κ3) is 6.05. The average molecular weight is 415 g/mol. The highest BCUT2D eigenvalue weighted by atomic mass is 32.2. The normalized spacial score (nSPS) is 17.2. The number of para-hydroxylation sites is 2. The van der Waals surface area contributed by atoms with E-state index >= 15 is 0 Å². The van der Waals surface area contributed by atoms with Crippen LogP contribution in [0.1, 0.15) is 25.3 Å². The number of halogens is 1. The monoisotopic (exact) mass is 415 g/mol. The molecule has 2 aromatic carbocycles. The number of hydrogen-bond acceptors (Lipinski definition) is 5. The van der Waals surface area contributed by atoms with Crippen molar-refractivity contribution >= 4 is 34.4 Å². The van der Waals surface area contributed by atoms with Gasteiger partial charge in [-0.25, -0.2) is 4.39 Å². The first-order chi connectivity index (χ1) is 14.0. The number of aliphatic imine (C=N–C) groups is 1. The third-order valence-electron chi connectivity index (χ3n) is 4.09. The van der Waals surface area contributed by atoms with Gasteiger partial charge in [0.25, 0.3) is 0 Å². The van der Waals surface area contributed by atoms with Crippen LogP contribution in [0.15, 0.2) is 53.5 Å². The van der Waals surface area contributed by atoms with Crippen LogP contribution < -0.4 is 15.4 Å². The molecule has 1 fully saturated rings. The molecule has 0 unspecified atom stereocenters. The summed E-state index contributed by atoms with van der Waals surface area (Å²) in [5, 5.41) is 5.41. The number of benzene rings is 2. The van der Waals surface area contributed by atoms with E-state index in [9.17, 15) is 14.0 Å². The summed E-state index contributed by atoms with van der Waals surface area (Å²) in [5.74, 6) is -0.228. The van der Waals surface area contributed by atoms with E-state index in [1.807, 2.05) is 19.1 Å². The molecule has 1 atom stereocenters. The van der Waals surface area contributed by atoms with Crippen molar-refractivity contribution in [2.45, 2.75) is 31.6 Å². The fourth-order valence-electron chi connectivity index (χ4n) is 2.65. The summed E-state index contributed by atoms with van der Waals surface area (Å²) in [5.41, 5.74) is 1.41. The molecular weight excluding hydrogens is 393 g/mol. The molecular formula is C21H22FN3O3S. The first-order valence-electron chi connectivity index (χ1n) is 9.33. The zero-order valence-corrected chi connectivity index (χ0v) is 16.8. The minimum Gasteiger partial charge on any atom is -0.491 e. The van der Waals surface area contributed by atoms with E-state index < -0.39 is 5.25 Å². The Kier molecular flexibility index (Phi) is 7.24. The largest absolute Gasteiger partial charge is 0.491 e. The van der Waals surface area contributed by atoms with E-state index in [0.29, 0.717) is 29.8 Å². The first-order valence-corrected chi connectivity index (χ1v) is 10.2. The Morgan fingerprint density at radius 3 is 2.76 bits per heavy atom. The lowest BCUT2D eigenvalue weighted by molar-refractivity contribution is -0.122. The van der Waals surface area contributed by atoms with E-state index in [1.54, 1.807) is 24.3 Å². The van der Waals surface area contributed by atoms with Crippen LogP contribution in [0, 0.1) is 5.82 Å². The highest BCUT2D eigenvalue weighted by molar-refractivity contribution is 8.15. The molecule has 3 rings (SSSR count). The van der Waals surface area contributed by atoms with Crippen molar-refractivity contribution < 1.29 is 18.7 Å². The topological polar surface area (TPSA) is 79.8 Å². The van der Waals surface area contributed by atoms with Crippen molar-refractivity contribution in [2.24, 2.45) is 4.99 Å². The number of anilines is 1. The van der Waals surface area contributed by atoms with Crippen molar-refractivity contribution in [3.8, 4) is 5.75 Å². The standard InChI is InChI=1S/C21H22FN3O3S/c1-2-11-28-17-6-4-3-5-16(17)24-19(26)12-18-20(27)25-21(29-18)23-13-14-7-9-15(22)10-8-14/h3-10,18H,2,11-13H2,1H3,(H,24,26)(H,23,25,27)/t18-/m0/s1. The molecule has 1 aliphatic heterocycles. The molecule has 0 spiro atoms. The summed E-state index contributed by atoms with van der Waals surface area (Å²) in [4.78, 5) is 28.9. The van der Waals surface area contributed by atoms with E-state index in [2.05, 4.69) is 15.6 Å². The van der Waals surface area contributed by atoms with Gasteiger partial charge in [0.15, 0.2) is 5.17 Å². The Bertz CT molecular complexity index is 902. The Morgan fingerprint density at radius 2 is 2.00 bits per heavy atom.